The molecule has 0 radical (unpaired) electrons. The Bertz CT molecular complexity index is 608. The first-order valence-electron chi connectivity index (χ1n) is 6.67. The average Bonchev–Trinajstić information content (AvgIpc) is 3.14. The van der Waals surface area contributed by atoms with Gasteiger partial charge in [0, 0.05) is 19.7 Å². The van der Waals surface area contributed by atoms with E-state index in [-0.39, 0.29) is 29.8 Å². The Kier molecular flexibility index (Phi) is 4.64. The molecule has 1 heterocycles. The Morgan fingerprint density at radius 2 is 2.29 bits per heavy atom. The van der Waals surface area contributed by atoms with E-state index < -0.39 is 16.0 Å². The van der Waals surface area contributed by atoms with Gasteiger partial charge in [0.15, 0.2) is 5.03 Å². The van der Waals surface area contributed by atoms with Gasteiger partial charge in [-0.3, -0.25) is 5.10 Å². The molecule has 0 aliphatic heterocycles. The number of nitrogens with zero attached hydrogens (tertiary/aromatic N) is 2. The number of sulfonamides is 1. The first-order valence-corrected chi connectivity index (χ1v) is 8.11. The molecule has 21 heavy (non-hydrogen) atoms. The highest BCUT2D eigenvalue weighted by molar-refractivity contribution is 7.89. The van der Waals surface area contributed by atoms with Gasteiger partial charge in [-0.1, -0.05) is 0 Å². The van der Waals surface area contributed by atoms with E-state index in [4.69, 9.17) is 9.84 Å². The number of hydrogen-bond acceptors (Lipinski definition) is 5. The number of aromatic carboxylic acids is 1. The van der Waals surface area contributed by atoms with Crippen LogP contribution in [0.3, 0.4) is 0 Å². The minimum Gasteiger partial charge on any atom is -0.478 e. The van der Waals surface area contributed by atoms with Crippen LogP contribution in [-0.4, -0.2) is 60.3 Å². The molecule has 0 bridgehead atoms. The van der Waals surface area contributed by atoms with Crippen molar-refractivity contribution in [2.75, 3.05) is 20.3 Å². The van der Waals surface area contributed by atoms with Crippen molar-refractivity contribution in [3.05, 3.63) is 11.8 Å². The van der Waals surface area contributed by atoms with E-state index in [0.717, 1.165) is 19.0 Å². The summed E-state index contributed by atoms with van der Waals surface area (Å²) in [5.74, 6) is -1.01. The number of nitrogens with one attached hydrogen (secondary N) is 1. The molecule has 1 aromatic heterocycles. The van der Waals surface area contributed by atoms with Crippen LogP contribution in [0.15, 0.2) is 11.2 Å². The average molecular weight is 317 g/mol. The minimum absolute atomic E-state index is 0.175. The summed E-state index contributed by atoms with van der Waals surface area (Å²) < 4.78 is 31.7. The predicted octanol–water partition coefficient (Wildman–Crippen LogP) is 0.544. The fourth-order valence-electron chi connectivity index (χ4n) is 2.28. The zero-order chi connectivity index (χ0) is 15.6. The van der Waals surface area contributed by atoms with Gasteiger partial charge < -0.3 is 9.84 Å². The SMILES string of the molecule is COCCN(C(C)C1CC1)S(=O)(=O)c1[nH]ncc1C(=O)O. The number of carboxylic acid groups (broad SMARTS) is 1. The summed E-state index contributed by atoms with van der Waals surface area (Å²) in [6.45, 7) is 2.25. The lowest BCUT2D eigenvalue weighted by Gasteiger charge is -2.27. The lowest BCUT2D eigenvalue weighted by atomic mass is 10.2. The van der Waals surface area contributed by atoms with Crippen molar-refractivity contribution < 1.29 is 23.1 Å². The van der Waals surface area contributed by atoms with Crippen LogP contribution in [-0.2, 0) is 14.8 Å². The van der Waals surface area contributed by atoms with Crippen LogP contribution in [0.1, 0.15) is 30.1 Å². The smallest absolute Gasteiger partial charge is 0.340 e. The van der Waals surface area contributed by atoms with Gasteiger partial charge in [0.2, 0.25) is 0 Å². The fourth-order valence-corrected chi connectivity index (χ4v) is 4.02. The van der Waals surface area contributed by atoms with Crippen LogP contribution in [0.4, 0.5) is 0 Å². The summed E-state index contributed by atoms with van der Waals surface area (Å²) in [4.78, 5) is 11.1. The van der Waals surface area contributed by atoms with E-state index in [2.05, 4.69) is 10.2 Å². The maximum absolute atomic E-state index is 12.7. The first-order chi connectivity index (χ1) is 9.89. The van der Waals surface area contributed by atoms with Crippen molar-refractivity contribution in [3.8, 4) is 0 Å². The third-order valence-electron chi connectivity index (χ3n) is 3.68. The first kappa shape index (κ1) is 15.9. The highest BCUT2D eigenvalue weighted by atomic mass is 32.2. The van der Waals surface area contributed by atoms with Crippen LogP contribution < -0.4 is 0 Å². The molecule has 0 amide bonds. The predicted molar refractivity (Wildman–Crippen MR) is 73.5 cm³/mol. The maximum Gasteiger partial charge on any atom is 0.340 e. The highest BCUT2D eigenvalue weighted by Crippen LogP contribution is 2.37. The van der Waals surface area contributed by atoms with Crippen molar-refractivity contribution in [1.29, 1.82) is 0 Å². The standard InChI is InChI=1S/C12H19N3O5S/c1-8(9-3-4-9)15(5-6-20-2)21(18,19)11-10(12(16)17)7-13-14-11/h7-9H,3-6H2,1-2H3,(H,13,14)(H,16,17). The molecule has 1 saturated carbocycles. The molecule has 9 heteroatoms. The molecule has 1 atom stereocenters. The second-order valence-corrected chi connectivity index (χ2v) is 6.93. The van der Waals surface area contributed by atoms with Crippen molar-refractivity contribution >= 4 is 16.0 Å². The molecular weight excluding hydrogens is 298 g/mol. The summed E-state index contributed by atoms with van der Waals surface area (Å²) in [6.07, 6.45) is 2.97. The third kappa shape index (κ3) is 3.25. The number of carboxylic acids is 1. The number of H-pyrrole nitrogens is 1. The molecule has 2 N–H and O–H groups in total. The van der Waals surface area contributed by atoms with Crippen molar-refractivity contribution in [2.24, 2.45) is 5.92 Å². The van der Waals surface area contributed by atoms with Gasteiger partial charge >= 0.3 is 5.97 Å². The van der Waals surface area contributed by atoms with Crippen molar-refractivity contribution in [3.63, 3.8) is 0 Å². The maximum atomic E-state index is 12.7. The van der Waals surface area contributed by atoms with Crippen LogP contribution in [0.5, 0.6) is 0 Å². The molecule has 0 saturated heterocycles. The molecule has 1 fully saturated rings. The summed E-state index contributed by atoms with van der Waals surface area (Å²) in [5.41, 5.74) is -0.347. The molecule has 1 aliphatic carbocycles. The van der Waals surface area contributed by atoms with Crippen LogP contribution in [0.25, 0.3) is 0 Å². The number of aromatic amines is 1. The molecule has 2 rings (SSSR count). The van der Waals surface area contributed by atoms with E-state index >= 15 is 0 Å². The van der Waals surface area contributed by atoms with E-state index in [9.17, 15) is 13.2 Å². The zero-order valence-electron chi connectivity index (χ0n) is 11.9. The van der Waals surface area contributed by atoms with Gasteiger partial charge in [-0.25, -0.2) is 13.2 Å². The van der Waals surface area contributed by atoms with Crippen LogP contribution in [0.2, 0.25) is 0 Å². The Balaban J connectivity index is 2.36. The van der Waals surface area contributed by atoms with Crippen molar-refractivity contribution in [1.82, 2.24) is 14.5 Å². The van der Waals surface area contributed by atoms with Crippen molar-refractivity contribution in [2.45, 2.75) is 30.8 Å². The van der Waals surface area contributed by atoms with Gasteiger partial charge in [0.05, 0.1) is 12.8 Å². The number of hydrogen-bond donors (Lipinski definition) is 2. The quantitative estimate of drug-likeness (QED) is 0.724. The molecule has 1 unspecified atom stereocenters. The third-order valence-corrected chi connectivity index (χ3v) is 5.64. The lowest BCUT2D eigenvalue weighted by molar-refractivity contribution is 0.0692. The largest absolute Gasteiger partial charge is 0.478 e. The van der Waals surface area contributed by atoms with Gasteiger partial charge in [0.25, 0.3) is 10.0 Å². The summed E-state index contributed by atoms with van der Waals surface area (Å²) in [5, 5.41) is 14.5. The van der Waals surface area contributed by atoms with E-state index in [1.54, 1.807) is 0 Å². The molecule has 1 aromatic rings. The number of rotatable bonds is 8. The summed E-state index contributed by atoms with van der Waals surface area (Å²) >= 11 is 0. The molecule has 1 aliphatic rings. The molecular formula is C12H19N3O5S. The fraction of sp³-hybridized carbons (Fsp3) is 0.667. The van der Waals surface area contributed by atoms with Gasteiger partial charge in [-0.15, -0.1) is 0 Å². The summed E-state index contributed by atoms with van der Waals surface area (Å²) in [7, 11) is -2.46. The topological polar surface area (TPSA) is 113 Å². The number of methoxy groups -OCH3 is 1. The number of carbonyl (C=O) groups is 1. The van der Waals surface area contributed by atoms with E-state index in [1.807, 2.05) is 6.92 Å². The van der Waals surface area contributed by atoms with Crippen LogP contribution >= 0.6 is 0 Å². The monoisotopic (exact) mass is 317 g/mol. The molecule has 8 nitrogen and oxygen atoms in total. The van der Waals surface area contributed by atoms with E-state index in [1.165, 1.54) is 11.4 Å². The second-order valence-electron chi connectivity index (χ2n) is 5.10. The molecule has 0 spiro atoms. The number of aromatic nitrogens is 2. The van der Waals surface area contributed by atoms with Crippen LogP contribution in [0, 0.1) is 5.92 Å². The lowest BCUT2D eigenvalue weighted by Crippen LogP contribution is -2.42. The minimum atomic E-state index is -3.96. The summed E-state index contributed by atoms with van der Waals surface area (Å²) in [6, 6.07) is -0.199. The second kappa shape index (κ2) is 6.12. The van der Waals surface area contributed by atoms with Gasteiger partial charge in [-0.2, -0.15) is 9.40 Å². The van der Waals surface area contributed by atoms with Gasteiger partial charge in [-0.05, 0) is 25.7 Å². The Morgan fingerprint density at radius 1 is 1.62 bits per heavy atom. The normalized spacial score (nSPS) is 17.1. The Morgan fingerprint density at radius 3 is 2.81 bits per heavy atom. The van der Waals surface area contributed by atoms with E-state index in [0.29, 0.717) is 5.92 Å². The Labute approximate surface area is 123 Å². The zero-order valence-corrected chi connectivity index (χ0v) is 12.8. The molecule has 0 aromatic carbocycles. The Hall–Kier alpha value is -1.45. The highest BCUT2D eigenvalue weighted by Gasteiger charge is 2.40. The number of ether oxygens (including phenoxy) is 1. The van der Waals surface area contributed by atoms with Gasteiger partial charge in [0.1, 0.15) is 5.56 Å². The molecule has 118 valence electrons.